The fourth-order valence-electron chi connectivity index (χ4n) is 2.10. The number of nitrogens with one attached hydrogen (secondary N) is 1. The molecular weight excluding hydrogens is 336 g/mol. The lowest BCUT2D eigenvalue weighted by Crippen LogP contribution is -2.16. The lowest BCUT2D eigenvalue weighted by atomic mass is 10.2. The van der Waals surface area contributed by atoms with Gasteiger partial charge in [0.1, 0.15) is 10.4 Å². The number of pyridine rings is 1. The molecular formula is C16H13ClN2O3S. The molecule has 2 aromatic carbocycles. The van der Waals surface area contributed by atoms with Crippen molar-refractivity contribution in [1.29, 1.82) is 0 Å². The van der Waals surface area contributed by atoms with Crippen molar-refractivity contribution in [2.24, 2.45) is 0 Å². The molecule has 0 fully saturated rings. The number of hydrogen-bond acceptors (Lipinski definition) is 5. The highest BCUT2D eigenvalue weighted by molar-refractivity contribution is 7.80. The molecule has 1 aromatic heterocycles. The van der Waals surface area contributed by atoms with Gasteiger partial charge in [0.2, 0.25) is 11.1 Å². The van der Waals surface area contributed by atoms with Crippen LogP contribution in [0.3, 0.4) is 0 Å². The van der Waals surface area contributed by atoms with E-state index in [1.807, 2.05) is 30.3 Å². The molecule has 0 bridgehead atoms. The minimum absolute atomic E-state index is 0.0711. The molecule has 0 aliphatic rings. The zero-order chi connectivity index (χ0) is 16.2. The van der Waals surface area contributed by atoms with Gasteiger partial charge in [0.05, 0.1) is 5.02 Å². The van der Waals surface area contributed by atoms with Gasteiger partial charge in [-0.25, -0.2) is 4.21 Å². The summed E-state index contributed by atoms with van der Waals surface area (Å²) in [4.78, 5) is 4.14. The quantitative estimate of drug-likeness (QED) is 0.692. The van der Waals surface area contributed by atoms with Crippen molar-refractivity contribution in [3.63, 3.8) is 0 Å². The van der Waals surface area contributed by atoms with E-state index >= 15 is 0 Å². The Morgan fingerprint density at radius 1 is 1.22 bits per heavy atom. The number of benzene rings is 2. The number of hydroxylamine groups is 1. The minimum atomic E-state index is -1.92. The highest BCUT2D eigenvalue weighted by Gasteiger charge is 2.17. The van der Waals surface area contributed by atoms with E-state index in [2.05, 4.69) is 10.5 Å². The summed E-state index contributed by atoms with van der Waals surface area (Å²) in [5, 5.41) is 11.2. The molecule has 23 heavy (non-hydrogen) atoms. The maximum Gasteiger partial charge on any atom is 0.210 e. The topological polar surface area (TPSA) is 71.5 Å². The Morgan fingerprint density at radius 2 is 2.00 bits per heavy atom. The van der Waals surface area contributed by atoms with E-state index < -0.39 is 11.1 Å². The van der Waals surface area contributed by atoms with E-state index in [1.54, 1.807) is 12.1 Å². The number of aromatic hydroxyl groups is 1. The summed E-state index contributed by atoms with van der Waals surface area (Å²) in [7, 11) is 0. The lowest BCUT2D eigenvalue weighted by molar-refractivity contribution is 0.215. The Balaban J connectivity index is 1.77. The normalized spacial score (nSPS) is 12.4. The molecule has 1 heterocycles. The zero-order valence-corrected chi connectivity index (χ0v) is 13.5. The van der Waals surface area contributed by atoms with Crippen molar-refractivity contribution in [3.8, 4) is 5.75 Å². The number of hydrogen-bond donors (Lipinski definition) is 2. The van der Waals surface area contributed by atoms with Gasteiger partial charge in [-0.05, 0) is 23.8 Å². The van der Waals surface area contributed by atoms with Crippen LogP contribution in [0.25, 0.3) is 10.9 Å². The molecule has 0 saturated carbocycles. The Hall–Kier alpha value is -1.99. The number of aromatic nitrogens is 1. The van der Waals surface area contributed by atoms with Crippen LogP contribution in [0.4, 0.5) is 0 Å². The molecule has 7 heteroatoms. The highest BCUT2D eigenvalue weighted by atomic mass is 35.5. The van der Waals surface area contributed by atoms with E-state index in [0.717, 1.165) is 5.56 Å². The third kappa shape index (κ3) is 3.51. The van der Waals surface area contributed by atoms with Gasteiger partial charge in [-0.2, -0.15) is 9.76 Å². The SMILES string of the molecule is O=S(ONCc1ccccc1)c1cc(Cl)c2cccnc2c1O. The van der Waals surface area contributed by atoms with Gasteiger partial charge < -0.3 is 5.11 Å². The second-order valence-corrected chi connectivity index (χ2v) is 6.21. The van der Waals surface area contributed by atoms with E-state index in [0.29, 0.717) is 17.0 Å². The first-order valence-electron chi connectivity index (χ1n) is 6.79. The average Bonchev–Trinajstić information content (AvgIpc) is 2.59. The molecule has 1 unspecified atom stereocenters. The van der Waals surface area contributed by atoms with E-state index in [-0.39, 0.29) is 16.2 Å². The van der Waals surface area contributed by atoms with E-state index in [9.17, 15) is 9.32 Å². The van der Waals surface area contributed by atoms with Crippen LogP contribution in [-0.4, -0.2) is 14.3 Å². The van der Waals surface area contributed by atoms with Crippen LogP contribution in [0.15, 0.2) is 59.6 Å². The first kappa shape index (κ1) is 15.9. The third-order valence-electron chi connectivity index (χ3n) is 3.21. The molecule has 1 atom stereocenters. The van der Waals surface area contributed by atoms with Gasteiger partial charge in [0, 0.05) is 18.1 Å². The third-order valence-corrected chi connectivity index (χ3v) is 4.47. The summed E-state index contributed by atoms with van der Waals surface area (Å²) < 4.78 is 17.3. The summed E-state index contributed by atoms with van der Waals surface area (Å²) in [5.74, 6) is -0.204. The van der Waals surface area contributed by atoms with Crippen molar-refractivity contribution in [1.82, 2.24) is 10.5 Å². The van der Waals surface area contributed by atoms with Crippen LogP contribution in [0.2, 0.25) is 5.02 Å². The van der Waals surface area contributed by atoms with Crippen molar-refractivity contribution in [2.75, 3.05) is 0 Å². The fraction of sp³-hybridized carbons (Fsp3) is 0.0625. The van der Waals surface area contributed by atoms with Gasteiger partial charge >= 0.3 is 0 Å². The lowest BCUT2D eigenvalue weighted by Gasteiger charge is -2.09. The van der Waals surface area contributed by atoms with Gasteiger partial charge in [-0.1, -0.05) is 41.9 Å². The average molecular weight is 349 g/mol. The van der Waals surface area contributed by atoms with E-state index in [4.69, 9.17) is 15.9 Å². The predicted octanol–water partition coefficient (Wildman–Crippen LogP) is 3.34. The van der Waals surface area contributed by atoms with Gasteiger partial charge in [-0.3, -0.25) is 4.98 Å². The van der Waals surface area contributed by atoms with Gasteiger partial charge in [0.25, 0.3) is 0 Å². The summed E-state index contributed by atoms with van der Waals surface area (Å²) in [5.41, 5.74) is 3.89. The Bertz CT molecular complexity index is 859. The number of halogens is 1. The molecule has 0 radical (unpaired) electrons. The van der Waals surface area contributed by atoms with Crippen LogP contribution < -0.4 is 5.48 Å². The van der Waals surface area contributed by atoms with Crippen molar-refractivity contribution in [2.45, 2.75) is 11.4 Å². The summed E-state index contributed by atoms with van der Waals surface area (Å²) in [6.45, 7) is 0.382. The smallest absolute Gasteiger partial charge is 0.210 e. The molecule has 0 saturated heterocycles. The second kappa shape index (κ2) is 7.06. The Kier molecular flexibility index (Phi) is 4.88. The molecule has 2 N–H and O–H groups in total. The standard InChI is InChI=1S/C16H13ClN2O3S/c17-13-9-14(16(20)15-12(13)7-4-8-18-15)23(21)22-19-10-11-5-2-1-3-6-11/h1-9,19-20H,10H2. The number of phenols is 1. The molecule has 0 spiro atoms. The molecule has 0 amide bonds. The summed E-state index contributed by atoms with van der Waals surface area (Å²) >= 11 is 4.23. The summed E-state index contributed by atoms with van der Waals surface area (Å²) in [6, 6.07) is 14.4. The summed E-state index contributed by atoms with van der Waals surface area (Å²) in [6.07, 6.45) is 1.53. The number of fused-ring (bicyclic) bond motifs is 1. The number of nitrogens with zero attached hydrogens (tertiary/aromatic N) is 1. The molecule has 118 valence electrons. The van der Waals surface area contributed by atoms with Crippen molar-refractivity contribution >= 4 is 33.6 Å². The maximum absolute atomic E-state index is 12.2. The van der Waals surface area contributed by atoms with Crippen LogP contribution in [0.5, 0.6) is 5.75 Å². The molecule has 0 aliphatic heterocycles. The largest absolute Gasteiger partial charge is 0.504 e. The van der Waals surface area contributed by atoms with Crippen LogP contribution in [0.1, 0.15) is 5.56 Å². The van der Waals surface area contributed by atoms with Gasteiger partial charge in [-0.15, -0.1) is 0 Å². The molecule has 0 aliphatic carbocycles. The predicted molar refractivity (Wildman–Crippen MR) is 89.2 cm³/mol. The van der Waals surface area contributed by atoms with Crippen molar-refractivity contribution in [3.05, 3.63) is 65.3 Å². The molecule has 5 nitrogen and oxygen atoms in total. The number of phenolic OH excluding ortho intramolecular Hbond substituents is 1. The monoisotopic (exact) mass is 348 g/mol. The fourth-order valence-corrected chi connectivity index (χ4v) is 3.15. The Labute approximate surface area is 140 Å². The second-order valence-electron chi connectivity index (χ2n) is 4.73. The first-order valence-corrected chi connectivity index (χ1v) is 8.24. The van der Waals surface area contributed by atoms with Crippen LogP contribution >= 0.6 is 11.6 Å². The van der Waals surface area contributed by atoms with Crippen LogP contribution in [0, 0.1) is 0 Å². The molecule has 3 aromatic rings. The van der Waals surface area contributed by atoms with Crippen molar-refractivity contribution < 1.29 is 13.6 Å². The molecule has 3 rings (SSSR count). The zero-order valence-electron chi connectivity index (χ0n) is 11.9. The maximum atomic E-state index is 12.2. The first-order chi connectivity index (χ1) is 11.2. The van der Waals surface area contributed by atoms with Gasteiger partial charge in [0.15, 0.2) is 5.75 Å². The Morgan fingerprint density at radius 3 is 2.78 bits per heavy atom. The number of rotatable bonds is 5. The van der Waals surface area contributed by atoms with E-state index in [1.165, 1.54) is 12.3 Å². The van der Waals surface area contributed by atoms with Crippen LogP contribution in [-0.2, 0) is 21.9 Å². The highest BCUT2D eigenvalue weighted by Crippen LogP contribution is 2.34. The minimum Gasteiger partial charge on any atom is -0.504 e.